The number of methoxy groups -OCH3 is 1. The summed E-state index contributed by atoms with van der Waals surface area (Å²) in [4.78, 5) is 2.85. The van der Waals surface area contributed by atoms with Gasteiger partial charge in [-0.1, -0.05) is 17.8 Å². The molecule has 1 fully saturated rings. The minimum absolute atomic E-state index is 0.175. The van der Waals surface area contributed by atoms with Crippen LogP contribution < -0.4 is 10.1 Å². The highest BCUT2D eigenvalue weighted by Gasteiger charge is 2.18. The van der Waals surface area contributed by atoms with Crippen molar-refractivity contribution in [3.8, 4) is 5.75 Å². The van der Waals surface area contributed by atoms with Crippen molar-refractivity contribution in [2.45, 2.75) is 36.5 Å². The Morgan fingerprint density at radius 2 is 2.04 bits per heavy atom. The van der Waals surface area contributed by atoms with Gasteiger partial charge in [-0.2, -0.15) is 8.78 Å². The number of likely N-dealkylation sites (tertiary alicyclic amines) is 1. The Balaban J connectivity index is 1.92. The lowest BCUT2D eigenvalue weighted by Crippen LogP contribution is -2.35. The summed E-state index contributed by atoms with van der Waals surface area (Å²) in [6.07, 6.45) is 2.45. The number of piperidine rings is 1. The summed E-state index contributed by atoms with van der Waals surface area (Å²) in [5, 5.41) is 3.57. The predicted octanol–water partition coefficient (Wildman–Crippen LogP) is 4.00. The van der Waals surface area contributed by atoms with Crippen molar-refractivity contribution in [2.24, 2.45) is 5.92 Å². The number of thioether (sulfide) groups is 1. The zero-order valence-electron chi connectivity index (χ0n) is 14.0. The van der Waals surface area contributed by atoms with Crippen molar-refractivity contribution in [1.82, 2.24) is 10.2 Å². The van der Waals surface area contributed by atoms with Crippen LogP contribution in [-0.4, -0.2) is 44.4 Å². The standard InChI is InChI=1S/C17H26F2N2OS/c1-12(20-11-13-6-8-21(2)9-7-13)14-4-5-16(23-17(18)19)15(10-14)22-3/h4-5,10,12-13,17,20H,6-9,11H2,1-3H3/t12-/m1/s1. The number of hydrogen-bond donors (Lipinski definition) is 1. The van der Waals surface area contributed by atoms with Crippen LogP contribution in [0.5, 0.6) is 5.75 Å². The molecule has 0 aromatic heterocycles. The Hall–Kier alpha value is -0.850. The molecule has 0 aliphatic carbocycles. The smallest absolute Gasteiger partial charge is 0.289 e. The number of alkyl halides is 2. The van der Waals surface area contributed by atoms with Crippen LogP contribution in [-0.2, 0) is 0 Å². The normalized spacial score (nSPS) is 18.3. The number of benzene rings is 1. The average molecular weight is 344 g/mol. The quantitative estimate of drug-likeness (QED) is 0.756. The minimum Gasteiger partial charge on any atom is -0.496 e. The zero-order valence-corrected chi connectivity index (χ0v) is 14.8. The first-order valence-corrected chi connectivity index (χ1v) is 8.92. The molecule has 0 radical (unpaired) electrons. The summed E-state index contributed by atoms with van der Waals surface area (Å²) in [7, 11) is 3.68. The maximum absolute atomic E-state index is 12.5. The molecule has 1 aliphatic heterocycles. The zero-order chi connectivity index (χ0) is 16.8. The lowest BCUT2D eigenvalue weighted by Gasteiger charge is -2.30. The molecule has 1 aromatic rings. The molecular weight excluding hydrogens is 318 g/mol. The first-order valence-electron chi connectivity index (χ1n) is 8.04. The molecule has 1 aromatic carbocycles. The number of ether oxygens (including phenoxy) is 1. The Bertz CT molecular complexity index is 493. The number of hydrogen-bond acceptors (Lipinski definition) is 4. The molecule has 1 heterocycles. The second kappa shape index (κ2) is 8.85. The van der Waals surface area contributed by atoms with Crippen molar-refractivity contribution in [3.63, 3.8) is 0 Å². The molecule has 1 atom stereocenters. The third-order valence-electron chi connectivity index (χ3n) is 4.45. The van der Waals surface area contributed by atoms with E-state index in [4.69, 9.17) is 4.74 Å². The lowest BCUT2D eigenvalue weighted by molar-refractivity contribution is 0.213. The fourth-order valence-corrected chi connectivity index (χ4v) is 3.47. The summed E-state index contributed by atoms with van der Waals surface area (Å²) in [6.45, 7) is 5.41. The van der Waals surface area contributed by atoms with E-state index in [2.05, 4.69) is 24.2 Å². The molecule has 0 saturated carbocycles. The van der Waals surface area contributed by atoms with Crippen LogP contribution in [0.3, 0.4) is 0 Å². The van der Waals surface area contributed by atoms with Crippen molar-refractivity contribution >= 4 is 11.8 Å². The number of halogens is 2. The Morgan fingerprint density at radius 1 is 1.35 bits per heavy atom. The van der Waals surface area contributed by atoms with E-state index in [1.54, 1.807) is 6.07 Å². The lowest BCUT2D eigenvalue weighted by atomic mass is 9.96. The maximum Gasteiger partial charge on any atom is 0.289 e. The molecule has 2 rings (SSSR count). The van der Waals surface area contributed by atoms with Crippen molar-refractivity contribution < 1.29 is 13.5 Å². The van der Waals surface area contributed by atoms with E-state index < -0.39 is 5.76 Å². The molecule has 0 bridgehead atoms. The second-order valence-electron chi connectivity index (χ2n) is 6.17. The SMILES string of the molecule is COc1cc([C@@H](C)NCC2CCN(C)CC2)ccc1SC(F)F. The fourth-order valence-electron chi connectivity index (χ4n) is 2.87. The molecule has 130 valence electrons. The van der Waals surface area contributed by atoms with Crippen LogP contribution in [0.2, 0.25) is 0 Å². The predicted molar refractivity (Wildman–Crippen MR) is 91.5 cm³/mol. The van der Waals surface area contributed by atoms with Gasteiger partial charge in [0.25, 0.3) is 5.76 Å². The molecule has 23 heavy (non-hydrogen) atoms. The van der Waals surface area contributed by atoms with E-state index in [1.165, 1.54) is 20.0 Å². The first-order chi connectivity index (χ1) is 11.0. The van der Waals surface area contributed by atoms with E-state index in [0.717, 1.165) is 25.2 Å². The summed E-state index contributed by atoms with van der Waals surface area (Å²) in [5.74, 6) is -1.21. The first kappa shape index (κ1) is 18.5. The number of nitrogens with zero attached hydrogens (tertiary/aromatic N) is 1. The van der Waals surface area contributed by atoms with Crippen molar-refractivity contribution in [1.29, 1.82) is 0 Å². The van der Waals surface area contributed by atoms with E-state index in [1.807, 2.05) is 12.1 Å². The maximum atomic E-state index is 12.5. The monoisotopic (exact) mass is 344 g/mol. The van der Waals surface area contributed by atoms with Crippen molar-refractivity contribution in [2.75, 3.05) is 33.8 Å². The topological polar surface area (TPSA) is 24.5 Å². The van der Waals surface area contributed by atoms with Crippen LogP contribution in [0.4, 0.5) is 8.78 Å². The number of rotatable bonds is 7. The van der Waals surface area contributed by atoms with Crippen molar-refractivity contribution in [3.05, 3.63) is 23.8 Å². The molecule has 0 unspecified atom stereocenters. The molecule has 0 spiro atoms. The fraction of sp³-hybridized carbons (Fsp3) is 0.647. The summed E-state index contributed by atoms with van der Waals surface area (Å²) in [6, 6.07) is 5.66. The number of nitrogens with one attached hydrogen (secondary N) is 1. The van der Waals surface area contributed by atoms with Gasteiger partial charge in [-0.15, -0.1) is 0 Å². The third kappa shape index (κ3) is 5.62. The van der Waals surface area contributed by atoms with E-state index >= 15 is 0 Å². The van der Waals surface area contributed by atoms with Gasteiger partial charge in [-0.3, -0.25) is 0 Å². The Labute approximate surface area is 141 Å². The molecule has 1 N–H and O–H groups in total. The Kier molecular flexibility index (Phi) is 7.11. The molecule has 0 amide bonds. The van der Waals surface area contributed by atoms with E-state index in [9.17, 15) is 8.78 Å². The highest BCUT2D eigenvalue weighted by molar-refractivity contribution is 7.99. The molecule has 6 heteroatoms. The van der Waals surface area contributed by atoms with E-state index in [0.29, 0.717) is 28.3 Å². The van der Waals surface area contributed by atoms with Gasteiger partial charge in [0.15, 0.2) is 0 Å². The summed E-state index contributed by atoms with van der Waals surface area (Å²) >= 11 is 0.523. The highest BCUT2D eigenvalue weighted by atomic mass is 32.2. The van der Waals surface area contributed by atoms with Gasteiger partial charge in [0.05, 0.1) is 12.0 Å². The van der Waals surface area contributed by atoms with Gasteiger partial charge in [-0.25, -0.2) is 0 Å². The third-order valence-corrected chi connectivity index (χ3v) is 5.22. The second-order valence-corrected chi connectivity index (χ2v) is 7.20. The molecule has 1 aliphatic rings. The molecular formula is C17H26F2N2OS. The van der Waals surface area contributed by atoms with E-state index in [-0.39, 0.29) is 6.04 Å². The van der Waals surface area contributed by atoms with Crippen LogP contribution in [0.15, 0.2) is 23.1 Å². The summed E-state index contributed by atoms with van der Waals surface area (Å²) < 4.78 is 30.3. The average Bonchev–Trinajstić information content (AvgIpc) is 2.54. The summed E-state index contributed by atoms with van der Waals surface area (Å²) in [5.41, 5.74) is 1.06. The van der Waals surface area contributed by atoms with Crippen LogP contribution >= 0.6 is 11.8 Å². The highest BCUT2D eigenvalue weighted by Crippen LogP contribution is 2.35. The molecule has 3 nitrogen and oxygen atoms in total. The van der Waals surface area contributed by atoms with Gasteiger partial charge in [-0.05, 0) is 70.1 Å². The van der Waals surface area contributed by atoms with Crippen LogP contribution in [0.1, 0.15) is 31.4 Å². The molecule has 1 saturated heterocycles. The van der Waals surface area contributed by atoms with Gasteiger partial charge in [0.1, 0.15) is 5.75 Å². The Morgan fingerprint density at radius 3 is 2.65 bits per heavy atom. The van der Waals surface area contributed by atoms with Gasteiger partial charge in [0.2, 0.25) is 0 Å². The van der Waals surface area contributed by atoms with Crippen LogP contribution in [0, 0.1) is 5.92 Å². The van der Waals surface area contributed by atoms with Gasteiger partial charge < -0.3 is 15.0 Å². The largest absolute Gasteiger partial charge is 0.496 e. The van der Waals surface area contributed by atoms with Gasteiger partial charge in [0, 0.05) is 6.04 Å². The van der Waals surface area contributed by atoms with Gasteiger partial charge >= 0.3 is 0 Å². The van der Waals surface area contributed by atoms with Crippen LogP contribution in [0.25, 0.3) is 0 Å². The minimum atomic E-state index is -2.44.